The number of furan rings is 1. The van der Waals surface area contributed by atoms with Gasteiger partial charge in [-0.05, 0) is 42.0 Å². The number of benzene rings is 2. The highest BCUT2D eigenvalue weighted by Crippen LogP contribution is 2.30. The second-order valence-corrected chi connectivity index (χ2v) is 9.04. The Hall–Kier alpha value is -3.68. The number of morpholine rings is 1. The van der Waals surface area contributed by atoms with Crippen LogP contribution in [0.15, 0.2) is 77.3 Å². The minimum Gasteiger partial charge on any atom is -0.459 e. The van der Waals surface area contributed by atoms with Crippen molar-refractivity contribution in [1.82, 2.24) is 14.9 Å². The van der Waals surface area contributed by atoms with Crippen molar-refractivity contribution in [3.63, 3.8) is 0 Å². The van der Waals surface area contributed by atoms with Crippen LogP contribution >= 0.6 is 0 Å². The van der Waals surface area contributed by atoms with E-state index in [-0.39, 0.29) is 0 Å². The molecule has 1 saturated heterocycles. The first-order chi connectivity index (χ1) is 17.3. The van der Waals surface area contributed by atoms with Gasteiger partial charge in [-0.15, -0.1) is 0 Å². The van der Waals surface area contributed by atoms with Gasteiger partial charge in [0.2, 0.25) is 5.95 Å². The van der Waals surface area contributed by atoms with Gasteiger partial charge < -0.3 is 19.4 Å². The van der Waals surface area contributed by atoms with Gasteiger partial charge in [0.1, 0.15) is 11.5 Å². The number of nitrogens with zero attached hydrogens (tertiary/aromatic N) is 4. The monoisotopic (exact) mass is 467 g/mol. The molecule has 35 heavy (non-hydrogen) atoms. The third-order valence-electron chi connectivity index (χ3n) is 6.60. The molecular formula is C28H29N5O2. The summed E-state index contributed by atoms with van der Waals surface area (Å²) >= 11 is 0. The summed E-state index contributed by atoms with van der Waals surface area (Å²) in [6.45, 7) is 6.24. The van der Waals surface area contributed by atoms with Crippen molar-refractivity contribution in [3.8, 4) is 11.5 Å². The van der Waals surface area contributed by atoms with Crippen LogP contribution < -0.4 is 10.2 Å². The van der Waals surface area contributed by atoms with Gasteiger partial charge in [-0.2, -0.15) is 0 Å². The zero-order valence-corrected chi connectivity index (χ0v) is 19.7. The Balaban J connectivity index is 1.13. The van der Waals surface area contributed by atoms with Crippen LogP contribution in [0.1, 0.15) is 16.9 Å². The molecule has 0 spiro atoms. The molecule has 0 aliphatic carbocycles. The van der Waals surface area contributed by atoms with Crippen LogP contribution in [0, 0.1) is 0 Å². The fraction of sp³-hybridized carbons (Fsp3) is 0.286. The zero-order chi connectivity index (χ0) is 23.5. The summed E-state index contributed by atoms with van der Waals surface area (Å²) in [4.78, 5) is 13.9. The van der Waals surface area contributed by atoms with E-state index in [1.807, 2.05) is 6.07 Å². The lowest BCUT2D eigenvalue weighted by Crippen LogP contribution is -2.36. The minimum absolute atomic E-state index is 0.557. The molecule has 6 rings (SSSR count). The predicted molar refractivity (Wildman–Crippen MR) is 137 cm³/mol. The van der Waals surface area contributed by atoms with Gasteiger partial charge in [-0.3, -0.25) is 4.90 Å². The second kappa shape index (κ2) is 9.90. The molecule has 2 aliphatic rings. The summed E-state index contributed by atoms with van der Waals surface area (Å²) in [5.41, 5.74) is 5.53. The lowest BCUT2D eigenvalue weighted by Gasteiger charge is -2.28. The summed E-state index contributed by atoms with van der Waals surface area (Å²) in [6.07, 6.45) is 2.68. The van der Waals surface area contributed by atoms with Gasteiger partial charge >= 0.3 is 0 Å². The second-order valence-electron chi connectivity index (χ2n) is 9.04. The molecule has 2 aromatic carbocycles. The van der Waals surface area contributed by atoms with Crippen LogP contribution in [-0.4, -0.2) is 47.7 Å². The van der Waals surface area contributed by atoms with Crippen LogP contribution in [0.4, 0.5) is 17.3 Å². The van der Waals surface area contributed by atoms with E-state index in [0.717, 1.165) is 75.3 Å². The van der Waals surface area contributed by atoms with Crippen LogP contribution in [-0.2, 0) is 24.2 Å². The van der Waals surface area contributed by atoms with E-state index in [9.17, 15) is 0 Å². The van der Waals surface area contributed by atoms with Gasteiger partial charge in [0.25, 0.3) is 0 Å². The van der Waals surface area contributed by atoms with Gasteiger partial charge in [0.05, 0.1) is 13.2 Å². The molecule has 2 aromatic heterocycles. The third kappa shape index (κ3) is 5.06. The number of rotatable bonds is 6. The Morgan fingerprint density at radius 2 is 1.74 bits per heavy atom. The Morgan fingerprint density at radius 3 is 2.57 bits per heavy atom. The summed E-state index contributed by atoms with van der Waals surface area (Å²) in [5.74, 6) is 2.42. The number of aromatic nitrogens is 2. The summed E-state index contributed by atoms with van der Waals surface area (Å²) in [6, 6.07) is 23.0. The number of ether oxygens (including phenoxy) is 1. The highest BCUT2D eigenvalue weighted by molar-refractivity contribution is 5.62. The summed E-state index contributed by atoms with van der Waals surface area (Å²) in [5, 5.41) is 3.32. The number of fused-ring (bicyclic) bond motifs is 1. The van der Waals surface area contributed by atoms with Gasteiger partial charge in [-0.25, -0.2) is 9.97 Å². The lowest BCUT2D eigenvalue weighted by atomic mass is 10.1. The zero-order valence-electron chi connectivity index (χ0n) is 19.7. The molecule has 0 unspecified atom stereocenters. The van der Waals surface area contributed by atoms with Crippen molar-refractivity contribution < 1.29 is 9.15 Å². The largest absolute Gasteiger partial charge is 0.459 e. The van der Waals surface area contributed by atoms with Crippen molar-refractivity contribution in [3.05, 3.63) is 89.8 Å². The van der Waals surface area contributed by atoms with Crippen molar-refractivity contribution in [1.29, 1.82) is 0 Å². The molecule has 0 saturated carbocycles. The third-order valence-corrected chi connectivity index (χ3v) is 6.60. The van der Waals surface area contributed by atoms with E-state index < -0.39 is 0 Å². The van der Waals surface area contributed by atoms with Crippen molar-refractivity contribution >= 4 is 17.3 Å². The predicted octanol–water partition coefficient (Wildman–Crippen LogP) is 4.88. The molecule has 0 atom stereocenters. The van der Waals surface area contributed by atoms with Crippen LogP contribution in [0.25, 0.3) is 11.5 Å². The number of anilines is 3. The average Bonchev–Trinajstić information content (AvgIpc) is 3.34. The normalized spacial score (nSPS) is 16.2. The van der Waals surface area contributed by atoms with Crippen LogP contribution in [0.3, 0.4) is 0 Å². The topological polar surface area (TPSA) is 66.7 Å². The lowest BCUT2D eigenvalue weighted by molar-refractivity contribution is 0.122. The van der Waals surface area contributed by atoms with E-state index in [1.54, 1.807) is 6.20 Å². The van der Waals surface area contributed by atoms with E-state index in [1.165, 1.54) is 16.8 Å². The number of hydrogen-bond donors (Lipinski definition) is 1. The molecule has 4 heterocycles. The number of nitrogens with one attached hydrogen (secondary N) is 1. The van der Waals surface area contributed by atoms with Crippen molar-refractivity contribution in [2.75, 3.05) is 43.1 Å². The summed E-state index contributed by atoms with van der Waals surface area (Å²) < 4.78 is 11.7. The molecule has 0 amide bonds. The quantitative estimate of drug-likeness (QED) is 0.434. The highest BCUT2D eigenvalue weighted by atomic mass is 16.5. The molecule has 0 bridgehead atoms. The molecule has 1 N–H and O–H groups in total. The molecule has 4 aromatic rings. The first-order valence-corrected chi connectivity index (χ1v) is 12.2. The SMILES string of the molecule is c1ccc(CN2CCc3oc(-c4ccnc(Nc5ccc(N6CCOCC6)cc5)n4)cc3C2)cc1. The number of hydrogen-bond acceptors (Lipinski definition) is 7. The van der Waals surface area contributed by atoms with Gasteiger partial charge in [0.15, 0.2) is 5.76 Å². The molecular weight excluding hydrogens is 438 g/mol. The Kier molecular flexibility index (Phi) is 6.17. The summed E-state index contributed by atoms with van der Waals surface area (Å²) in [7, 11) is 0. The molecule has 1 fully saturated rings. The van der Waals surface area contributed by atoms with Gasteiger partial charge in [-0.1, -0.05) is 30.3 Å². The molecule has 7 nitrogen and oxygen atoms in total. The Bertz CT molecular complexity index is 1270. The maximum absolute atomic E-state index is 6.22. The maximum atomic E-state index is 6.22. The first kappa shape index (κ1) is 21.8. The maximum Gasteiger partial charge on any atom is 0.227 e. The van der Waals surface area contributed by atoms with E-state index >= 15 is 0 Å². The minimum atomic E-state index is 0.557. The molecule has 2 aliphatic heterocycles. The fourth-order valence-electron chi connectivity index (χ4n) is 4.76. The molecule has 178 valence electrons. The fourth-order valence-corrected chi connectivity index (χ4v) is 4.76. The van der Waals surface area contributed by atoms with Crippen LogP contribution in [0.2, 0.25) is 0 Å². The Morgan fingerprint density at radius 1 is 0.914 bits per heavy atom. The van der Waals surface area contributed by atoms with Gasteiger partial charge in [0, 0.05) is 62.3 Å². The molecule has 7 heteroatoms. The molecule has 0 radical (unpaired) electrons. The van der Waals surface area contributed by atoms with E-state index in [4.69, 9.17) is 14.1 Å². The van der Waals surface area contributed by atoms with Crippen LogP contribution in [0.5, 0.6) is 0 Å². The average molecular weight is 468 g/mol. The highest BCUT2D eigenvalue weighted by Gasteiger charge is 2.22. The van der Waals surface area contributed by atoms with Crippen molar-refractivity contribution in [2.45, 2.75) is 19.5 Å². The van der Waals surface area contributed by atoms with E-state index in [0.29, 0.717) is 5.95 Å². The van der Waals surface area contributed by atoms with E-state index in [2.05, 4.69) is 80.8 Å². The Labute approximate surface area is 205 Å². The standard InChI is InChI=1S/C28H29N5O2/c1-2-4-21(5-3-1)19-32-13-11-26-22(20-32)18-27(35-26)25-10-12-29-28(31-25)30-23-6-8-24(9-7-23)33-14-16-34-17-15-33/h1-10,12,18H,11,13-17,19-20H2,(H,29,30,31). The van der Waals surface area contributed by atoms with Crippen molar-refractivity contribution in [2.24, 2.45) is 0 Å². The smallest absolute Gasteiger partial charge is 0.227 e. The first-order valence-electron chi connectivity index (χ1n) is 12.2.